The van der Waals surface area contributed by atoms with E-state index in [1.54, 1.807) is 31.2 Å². The van der Waals surface area contributed by atoms with Crippen molar-refractivity contribution in [1.82, 2.24) is 14.8 Å². The van der Waals surface area contributed by atoms with Crippen molar-refractivity contribution in [3.63, 3.8) is 0 Å². The quantitative estimate of drug-likeness (QED) is 0.739. The lowest BCUT2D eigenvalue weighted by molar-refractivity contribution is 0.101. The van der Waals surface area contributed by atoms with Gasteiger partial charge in [0.05, 0.1) is 10.6 Å². The van der Waals surface area contributed by atoms with Crippen LogP contribution < -0.4 is 5.32 Å². The highest BCUT2D eigenvalue weighted by Crippen LogP contribution is 2.17. The van der Waals surface area contributed by atoms with Crippen LogP contribution in [0.25, 0.3) is 5.69 Å². The van der Waals surface area contributed by atoms with Gasteiger partial charge in [-0.1, -0.05) is 17.7 Å². The third kappa shape index (κ3) is 3.92. The number of amides is 1. The zero-order chi connectivity index (χ0) is 18.9. The fourth-order valence-corrected chi connectivity index (χ4v) is 3.13. The van der Waals surface area contributed by atoms with Crippen molar-refractivity contribution in [2.24, 2.45) is 0 Å². The number of carbonyl (C=O) groups is 1. The Labute approximate surface area is 155 Å². The number of sulfone groups is 1. The fraction of sp³-hybridized carbons (Fsp3) is 0.118. The molecular weight excluding hydrogens is 376 g/mol. The number of nitrogens with one attached hydrogen (secondary N) is 1. The van der Waals surface area contributed by atoms with Gasteiger partial charge in [-0.3, -0.25) is 4.79 Å². The van der Waals surface area contributed by atoms with Crippen LogP contribution in [0.5, 0.6) is 0 Å². The molecule has 0 unspecified atom stereocenters. The van der Waals surface area contributed by atoms with Gasteiger partial charge >= 0.3 is 0 Å². The zero-order valence-corrected chi connectivity index (χ0v) is 15.5. The van der Waals surface area contributed by atoms with Crippen molar-refractivity contribution in [3.8, 4) is 5.69 Å². The molecule has 0 aliphatic carbocycles. The van der Waals surface area contributed by atoms with E-state index in [1.165, 1.54) is 28.9 Å². The van der Waals surface area contributed by atoms with E-state index in [9.17, 15) is 13.2 Å². The second kappa shape index (κ2) is 6.89. The summed E-state index contributed by atoms with van der Waals surface area (Å²) in [6.07, 6.45) is 1.12. The van der Waals surface area contributed by atoms with E-state index < -0.39 is 15.7 Å². The molecule has 0 aliphatic heterocycles. The summed E-state index contributed by atoms with van der Waals surface area (Å²) in [4.78, 5) is 16.7. The molecule has 0 bridgehead atoms. The number of anilines is 1. The van der Waals surface area contributed by atoms with Crippen LogP contribution in [0.15, 0.2) is 53.4 Å². The van der Waals surface area contributed by atoms with Crippen molar-refractivity contribution in [3.05, 3.63) is 65.2 Å². The lowest BCUT2D eigenvalue weighted by atomic mass is 10.3. The normalized spacial score (nSPS) is 11.3. The summed E-state index contributed by atoms with van der Waals surface area (Å²) < 4.78 is 24.5. The highest BCUT2D eigenvalue weighted by atomic mass is 35.5. The second-order valence-corrected chi connectivity index (χ2v) is 8.08. The molecule has 3 aromatic rings. The topological polar surface area (TPSA) is 93.9 Å². The second-order valence-electron chi connectivity index (χ2n) is 5.62. The number of halogens is 1. The zero-order valence-electron chi connectivity index (χ0n) is 14.0. The number of aryl methyl sites for hydroxylation is 1. The third-order valence-corrected chi connectivity index (χ3v) is 4.93. The Morgan fingerprint density at radius 2 is 1.85 bits per heavy atom. The first-order chi connectivity index (χ1) is 12.2. The molecule has 0 radical (unpaired) electrons. The van der Waals surface area contributed by atoms with Crippen LogP contribution in [0.2, 0.25) is 5.02 Å². The van der Waals surface area contributed by atoms with Crippen LogP contribution >= 0.6 is 11.6 Å². The maximum absolute atomic E-state index is 12.4. The van der Waals surface area contributed by atoms with Crippen LogP contribution in [0.4, 0.5) is 5.69 Å². The number of nitrogens with zero attached hydrogens (tertiary/aromatic N) is 3. The summed E-state index contributed by atoms with van der Waals surface area (Å²) >= 11 is 5.98. The van der Waals surface area contributed by atoms with Gasteiger partial charge < -0.3 is 5.32 Å². The summed E-state index contributed by atoms with van der Waals surface area (Å²) in [5, 5.41) is 7.41. The molecule has 0 saturated heterocycles. The van der Waals surface area contributed by atoms with Gasteiger partial charge in [0, 0.05) is 17.0 Å². The highest BCUT2D eigenvalue weighted by Gasteiger charge is 2.16. The van der Waals surface area contributed by atoms with Gasteiger partial charge in [0.1, 0.15) is 5.82 Å². The largest absolute Gasteiger partial charge is 0.319 e. The van der Waals surface area contributed by atoms with Gasteiger partial charge in [-0.15, -0.1) is 5.10 Å². The summed E-state index contributed by atoms with van der Waals surface area (Å²) in [6.45, 7) is 1.73. The molecule has 0 atom stereocenters. The maximum atomic E-state index is 12.4. The Balaban J connectivity index is 1.82. The average Bonchev–Trinajstić information content (AvgIpc) is 2.96. The van der Waals surface area contributed by atoms with Gasteiger partial charge in [0.15, 0.2) is 9.84 Å². The van der Waals surface area contributed by atoms with Crippen LogP contribution in [0.1, 0.15) is 16.4 Å². The predicted octanol–water partition coefficient (Wildman–Crippen LogP) is 2.88. The molecule has 1 amide bonds. The van der Waals surface area contributed by atoms with Crippen LogP contribution in [-0.2, 0) is 9.84 Å². The summed E-state index contributed by atoms with van der Waals surface area (Å²) in [6, 6.07) is 12.9. The van der Waals surface area contributed by atoms with Crippen molar-refractivity contribution in [1.29, 1.82) is 0 Å². The number of carbonyl (C=O) groups excluding carboxylic acids is 1. The lowest BCUT2D eigenvalue weighted by Crippen LogP contribution is -2.14. The van der Waals surface area contributed by atoms with Crippen LogP contribution in [-0.4, -0.2) is 35.3 Å². The smallest absolute Gasteiger partial charge is 0.295 e. The van der Waals surface area contributed by atoms with E-state index >= 15 is 0 Å². The van der Waals surface area contributed by atoms with E-state index in [4.69, 9.17) is 11.6 Å². The summed E-state index contributed by atoms with van der Waals surface area (Å²) in [5.74, 6) is 0.0282. The molecule has 0 fully saturated rings. The molecule has 134 valence electrons. The van der Waals surface area contributed by atoms with E-state index in [0.717, 1.165) is 6.26 Å². The molecule has 7 nitrogen and oxygen atoms in total. The first kappa shape index (κ1) is 18.1. The van der Waals surface area contributed by atoms with E-state index in [2.05, 4.69) is 15.4 Å². The SMILES string of the molecule is Cc1nc(C(=O)Nc2ccc(S(C)(=O)=O)cc2)nn1-c1cccc(Cl)c1. The van der Waals surface area contributed by atoms with Gasteiger partial charge in [0.2, 0.25) is 5.82 Å². The molecule has 1 aromatic heterocycles. The molecule has 26 heavy (non-hydrogen) atoms. The molecular formula is C17H15ClN4O3S. The minimum absolute atomic E-state index is 0.00494. The molecule has 1 N–H and O–H groups in total. The molecule has 0 spiro atoms. The predicted molar refractivity (Wildman–Crippen MR) is 98.6 cm³/mol. The standard InChI is InChI=1S/C17H15ClN4O3S/c1-11-19-16(21-22(11)14-5-3-4-12(18)10-14)17(23)20-13-6-8-15(9-7-13)26(2,24)25/h3-10H,1-2H3,(H,20,23). The molecule has 3 rings (SSSR count). The lowest BCUT2D eigenvalue weighted by Gasteiger charge is -2.04. The van der Waals surface area contributed by atoms with E-state index in [1.807, 2.05) is 0 Å². The Bertz CT molecular complexity index is 1080. The van der Waals surface area contributed by atoms with Crippen LogP contribution in [0, 0.1) is 6.92 Å². The molecule has 0 aliphatic rings. The number of hydrogen-bond acceptors (Lipinski definition) is 5. The number of rotatable bonds is 4. The molecule has 1 heterocycles. The van der Waals surface area contributed by atoms with Crippen LogP contribution in [0.3, 0.4) is 0 Å². The third-order valence-electron chi connectivity index (χ3n) is 3.57. The molecule has 9 heteroatoms. The van der Waals surface area contributed by atoms with Gasteiger partial charge in [0.25, 0.3) is 5.91 Å². The molecule has 0 saturated carbocycles. The van der Waals surface area contributed by atoms with Crippen molar-refractivity contribution < 1.29 is 13.2 Å². The first-order valence-corrected chi connectivity index (χ1v) is 9.82. The minimum atomic E-state index is -3.29. The maximum Gasteiger partial charge on any atom is 0.295 e. The Morgan fingerprint density at radius 1 is 1.15 bits per heavy atom. The van der Waals surface area contributed by atoms with Crippen molar-refractivity contribution in [2.45, 2.75) is 11.8 Å². The number of hydrogen-bond donors (Lipinski definition) is 1. The molecule has 2 aromatic carbocycles. The Morgan fingerprint density at radius 3 is 2.46 bits per heavy atom. The number of aromatic nitrogens is 3. The van der Waals surface area contributed by atoms with E-state index in [0.29, 0.717) is 22.2 Å². The monoisotopic (exact) mass is 390 g/mol. The van der Waals surface area contributed by atoms with Gasteiger partial charge in [-0.05, 0) is 49.4 Å². The Hall–Kier alpha value is -2.71. The summed E-state index contributed by atoms with van der Waals surface area (Å²) in [7, 11) is -3.29. The van der Waals surface area contributed by atoms with Crippen molar-refractivity contribution in [2.75, 3.05) is 11.6 Å². The Kier molecular flexibility index (Phi) is 4.80. The summed E-state index contributed by atoms with van der Waals surface area (Å²) in [5.41, 5.74) is 1.14. The fourth-order valence-electron chi connectivity index (χ4n) is 2.31. The van der Waals surface area contributed by atoms with E-state index in [-0.39, 0.29) is 10.7 Å². The number of benzene rings is 2. The highest BCUT2D eigenvalue weighted by molar-refractivity contribution is 7.90. The first-order valence-electron chi connectivity index (χ1n) is 7.55. The minimum Gasteiger partial charge on any atom is -0.319 e. The van der Waals surface area contributed by atoms with Gasteiger partial charge in [-0.2, -0.15) is 0 Å². The average molecular weight is 391 g/mol. The van der Waals surface area contributed by atoms with Gasteiger partial charge in [-0.25, -0.2) is 18.1 Å². The van der Waals surface area contributed by atoms with Crippen molar-refractivity contribution >= 4 is 33.0 Å².